The summed E-state index contributed by atoms with van der Waals surface area (Å²) in [5.41, 5.74) is 0.797. The molecule has 1 aromatic carbocycles. The first-order chi connectivity index (χ1) is 12.9. The van der Waals surface area contributed by atoms with E-state index in [1.165, 1.54) is 4.90 Å². The molecule has 1 fully saturated rings. The van der Waals surface area contributed by atoms with Gasteiger partial charge in [0, 0.05) is 23.2 Å². The number of nitrogens with one attached hydrogen (secondary N) is 1. The van der Waals surface area contributed by atoms with Crippen LogP contribution in [0.3, 0.4) is 0 Å². The second-order valence-electron chi connectivity index (χ2n) is 9.70. The number of hydrogen-bond acceptors (Lipinski definition) is 3. The number of alkyl halides is 3. The molecule has 1 aromatic rings. The van der Waals surface area contributed by atoms with E-state index < -0.39 is 35.0 Å². The number of aromatic hydroxyl groups is 1. The van der Waals surface area contributed by atoms with Crippen molar-refractivity contribution < 1.29 is 27.9 Å². The zero-order chi connectivity index (χ0) is 22.5. The van der Waals surface area contributed by atoms with Crippen LogP contribution in [0.15, 0.2) is 12.1 Å². The quantitative estimate of drug-likeness (QED) is 0.772. The topological polar surface area (TPSA) is 69.6 Å². The van der Waals surface area contributed by atoms with Crippen LogP contribution in [0.25, 0.3) is 0 Å². The molecule has 2 N–H and O–H groups in total. The van der Waals surface area contributed by atoms with Gasteiger partial charge in [-0.2, -0.15) is 13.2 Å². The zero-order valence-corrected chi connectivity index (χ0v) is 17.9. The molecule has 0 saturated carbocycles. The lowest BCUT2D eigenvalue weighted by atomic mass is 9.78. The van der Waals surface area contributed by atoms with E-state index in [4.69, 9.17) is 0 Å². The Labute approximate surface area is 169 Å². The van der Waals surface area contributed by atoms with Gasteiger partial charge in [-0.3, -0.25) is 9.59 Å². The number of halogens is 3. The van der Waals surface area contributed by atoms with E-state index in [-0.39, 0.29) is 18.2 Å². The highest BCUT2D eigenvalue weighted by Crippen LogP contribution is 2.40. The lowest BCUT2D eigenvalue weighted by Gasteiger charge is -2.46. The van der Waals surface area contributed by atoms with Gasteiger partial charge in [-0.25, -0.2) is 0 Å². The predicted molar refractivity (Wildman–Crippen MR) is 104 cm³/mol. The molecule has 2 unspecified atom stereocenters. The van der Waals surface area contributed by atoms with Gasteiger partial charge in [0.1, 0.15) is 5.75 Å². The smallest absolute Gasteiger partial charge is 0.471 e. The van der Waals surface area contributed by atoms with Gasteiger partial charge in [0.25, 0.3) is 5.91 Å². The maximum atomic E-state index is 13.0. The second-order valence-corrected chi connectivity index (χ2v) is 9.70. The van der Waals surface area contributed by atoms with E-state index in [2.05, 4.69) is 0 Å². The molecule has 2 rings (SSSR count). The minimum absolute atomic E-state index is 0.00159. The summed E-state index contributed by atoms with van der Waals surface area (Å²) < 4.78 is 37.4. The maximum absolute atomic E-state index is 13.0. The van der Waals surface area contributed by atoms with Crippen LogP contribution < -0.4 is 5.32 Å². The van der Waals surface area contributed by atoms with Gasteiger partial charge in [-0.1, -0.05) is 41.5 Å². The van der Waals surface area contributed by atoms with E-state index in [1.54, 1.807) is 19.1 Å². The molecule has 29 heavy (non-hydrogen) atoms. The number of nitrogens with zero attached hydrogens (tertiary/aromatic N) is 1. The summed E-state index contributed by atoms with van der Waals surface area (Å²) in [5, 5.41) is 12.7. The molecule has 8 heteroatoms. The summed E-state index contributed by atoms with van der Waals surface area (Å²) in [6.45, 7) is 13.2. The molecule has 0 radical (unpaired) electrons. The first kappa shape index (κ1) is 23.0. The highest BCUT2D eigenvalue weighted by molar-refractivity contribution is 5.96. The molecule has 1 aliphatic rings. The average molecular weight is 414 g/mol. The summed E-state index contributed by atoms with van der Waals surface area (Å²) in [4.78, 5) is 25.6. The number of phenolic OH excluding ortho intramolecular Hbond substituents is 1. The van der Waals surface area contributed by atoms with Crippen molar-refractivity contribution in [2.75, 3.05) is 6.54 Å². The van der Waals surface area contributed by atoms with E-state index >= 15 is 0 Å². The number of rotatable bonds is 2. The van der Waals surface area contributed by atoms with Crippen molar-refractivity contribution in [2.24, 2.45) is 0 Å². The first-order valence-electron chi connectivity index (χ1n) is 9.51. The maximum Gasteiger partial charge on any atom is 0.471 e. The number of amides is 2. The summed E-state index contributed by atoms with van der Waals surface area (Å²) in [6, 6.07) is 1.95. The van der Waals surface area contributed by atoms with Crippen molar-refractivity contribution in [2.45, 2.75) is 77.6 Å². The highest BCUT2D eigenvalue weighted by Gasteiger charge is 2.46. The van der Waals surface area contributed by atoms with Gasteiger partial charge in [-0.15, -0.1) is 0 Å². The van der Waals surface area contributed by atoms with Gasteiger partial charge in [-0.05, 0) is 29.9 Å². The Morgan fingerprint density at radius 3 is 1.83 bits per heavy atom. The Morgan fingerprint density at radius 1 is 1.03 bits per heavy atom. The molecule has 0 bridgehead atoms. The van der Waals surface area contributed by atoms with Crippen molar-refractivity contribution in [3.8, 4) is 5.75 Å². The molecule has 2 amide bonds. The summed E-state index contributed by atoms with van der Waals surface area (Å²) in [7, 11) is 0. The minimum atomic E-state index is -4.95. The standard InChI is InChI=1S/C21H29F3N2O3/c1-11-15(25-18(29)21(22,23)24)10-26(11)17(28)12-8-13(19(2,3)4)16(27)14(9-12)20(5,6)7/h8-9,11,15,27H,10H2,1-7H3,(H,25,29). The molecule has 0 aliphatic carbocycles. The summed E-state index contributed by atoms with van der Waals surface area (Å²) >= 11 is 0. The molecule has 1 aliphatic heterocycles. The van der Waals surface area contributed by atoms with Crippen molar-refractivity contribution in [1.29, 1.82) is 0 Å². The molecule has 1 saturated heterocycles. The first-order valence-corrected chi connectivity index (χ1v) is 9.51. The third-order valence-corrected chi connectivity index (χ3v) is 5.28. The summed E-state index contributed by atoms with van der Waals surface area (Å²) in [6.07, 6.45) is -4.95. The molecule has 0 aromatic heterocycles. The molecule has 0 spiro atoms. The number of hydrogen-bond donors (Lipinski definition) is 2. The average Bonchev–Trinajstić information content (AvgIpc) is 2.54. The van der Waals surface area contributed by atoms with Crippen molar-refractivity contribution >= 4 is 11.8 Å². The Morgan fingerprint density at radius 2 is 1.48 bits per heavy atom. The van der Waals surface area contributed by atoms with Crippen molar-refractivity contribution in [1.82, 2.24) is 10.2 Å². The van der Waals surface area contributed by atoms with Gasteiger partial charge in [0.2, 0.25) is 0 Å². The molecule has 1 heterocycles. The fourth-order valence-corrected chi connectivity index (χ4v) is 3.36. The predicted octanol–water partition coefficient (Wildman–Crippen LogP) is 3.88. The van der Waals surface area contributed by atoms with E-state index in [1.807, 2.05) is 46.9 Å². The third-order valence-electron chi connectivity index (χ3n) is 5.28. The minimum Gasteiger partial charge on any atom is -0.507 e. The largest absolute Gasteiger partial charge is 0.507 e. The second kappa shape index (κ2) is 7.22. The van der Waals surface area contributed by atoms with Crippen LogP contribution in [0, 0.1) is 0 Å². The SMILES string of the molecule is CC1C(NC(=O)C(F)(F)F)CN1C(=O)c1cc(C(C)(C)C)c(O)c(C(C)(C)C)c1. The molecule has 162 valence electrons. The van der Waals surface area contributed by atoms with Crippen molar-refractivity contribution in [3.05, 3.63) is 28.8 Å². The van der Waals surface area contributed by atoms with Gasteiger partial charge in [0.15, 0.2) is 0 Å². The van der Waals surface area contributed by atoms with Crippen LogP contribution in [-0.4, -0.2) is 46.6 Å². The lowest BCUT2D eigenvalue weighted by Crippen LogP contribution is -2.68. The fourth-order valence-electron chi connectivity index (χ4n) is 3.36. The Bertz CT molecular complexity index is 785. The molecule has 2 atom stereocenters. The van der Waals surface area contributed by atoms with Gasteiger partial charge < -0.3 is 15.3 Å². The highest BCUT2D eigenvalue weighted by atomic mass is 19.4. The lowest BCUT2D eigenvalue weighted by molar-refractivity contribution is -0.175. The molecule has 5 nitrogen and oxygen atoms in total. The fraction of sp³-hybridized carbons (Fsp3) is 0.619. The van der Waals surface area contributed by atoms with Gasteiger partial charge in [0.05, 0.1) is 12.1 Å². The number of carbonyl (C=O) groups excluding carboxylic acids is 2. The molecular formula is C21H29F3N2O3. The van der Waals surface area contributed by atoms with E-state index in [9.17, 15) is 27.9 Å². The monoisotopic (exact) mass is 414 g/mol. The van der Waals surface area contributed by atoms with Crippen LogP contribution in [-0.2, 0) is 15.6 Å². The van der Waals surface area contributed by atoms with E-state index in [0.29, 0.717) is 16.7 Å². The molecular weight excluding hydrogens is 385 g/mol. The zero-order valence-electron chi connectivity index (χ0n) is 17.9. The Hall–Kier alpha value is -2.25. The van der Waals surface area contributed by atoms with Crippen LogP contribution in [0.2, 0.25) is 0 Å². The number of likely N-dealkylation sites (tertiary alicyclic amines) is 1. The van der Waals surface area contributed by atoms with Crippen LogP contribution in [0.4, 0.5) is 13.2 Å². The number of benzene rings is 1. The number of carbonyl (C=O) groups is 2. The normalized spacial score (nSPS) is 20.3. The van der Waals surface area contributed by atoms with E-state index in [0.717, 1.165) is 0 Å². The van der Waals surface area contributed by atoms with Crippen molar-refractivity contribution in [3.63, 3.8) is 0 Å². The third kappa shape index (κ3) is 4.67. The van der Waals surface area contributed by atoms with Crippen LogP contribution >= 0.6 is 0 Å². The Balaban J connectivity index is 2.31. The van der Waals surface area contributed by atoms with Gasteiger partial charge >= 0.3 is 12.1 Å². The Kier molecular flexibility index (Phi) is 5.73. The summed E-state index contributed by atoms with van der Waals surface area (Å²) in [5.74, 6) is -2.20. The van der Waals surface area contributed by atoms with Crippen LogP contribution in [0.5, 0.6) is 5.75 Å². The number of phenols is 1. The van der Waals surface area contributed by atoms with Crippen LogP contribution in [0.1, 0.15) is 70.0 Å².